The minimum absolute atomic E-state index is 0.373. The molecule has 2 aromatic heterocycles. The highest BCUT2D eigenvalue weighted by Crippen LogP contribution is 2.26. The summed E-state index contributed by atoms with van der Waals surface area (Å²) in [5, 5.41) is 0. The molecular weight excluding hydrogens is 288 g/mol. The van der Waals surface area contributed by atoms with Crippen LogP contribution in [0.15, 0.2) is 48.8 Å². The van der Waals surface area contributed by atoms with E-state index in [0.29, 0.717) is 12.5 Å². The van der Waals surface area contributed by atoms with Crippen LogP contribution in [0.5, 0.6) is 11.5 Å². The molecule has 3 aromatic rings. The highest BCUT2D eigenvalue weighted by molar-refractivity contribution is 6.17. The van der Waals surface area contributed by atoms with Gasteiger partial charge in [-0.3, -0.25) is 0 Å². The second-order valence-corrected chi connectivity index (χ2v) is 4.86. The fraction of sp³-hybridized carbons (Fsp3) is 0.188. The van der Waals surface area contributed by atoms with Crippen molar-refractivity contribution >= 4 is 17.2 Å². The van der Waals surface area contributed by atoms with Crippen LogP contribution in [0.3, 0.4) is 0 Å². The van der Waals surface area contributed by atoms with Gasteiger partial charge in [0.2, 0.25) is 0 Å². The van der Waals surface area contributed by atoms with E-state index in [0.717, 1.165) is 28.4 Å². The van der Waals surface area contributed by atoms with Gasteiger partial charge in [0.05, 0.1) is 18.7 Å². The normalized spacial score (nSPS) is 10.8. The van der Waals surface area contributed by atoms with E-state index in [1.54, 1.807) is 7.11 Å². The third-order valence-electron chi connectivity index (χ3n) is 3.20. The van der Waals surface area contributed by atoms with Crippen LogP contribution in [0.25, 0.3) is 5.65 Å². The van der Waals surface area contributed by atoms with Crippen molar-refractivity contribution in [3.05, 3.63) is 60.0 Å². The minimum Gasteiger partial charge on any atom is -0.497 e. The molecule has 0 aliphatic carbocycles. The number of benzene rings is 1. The number of pyridine rings is 1. The van der Waals surface area contributed by atoms with E-state index >= 15 is 0 Å². The van der Waals surface area contributed by atoms with Crippen molar-refractivity contribution in [1.29, 1.82) is 0 Å². The third-order valence-corrected chi connectivity index (χ3v) is 3.49. The molecule has 0 spiro atoms. The summed E-state index contributed by atoms with van der Waals surface area (Å²) < 4.78 is 13.0. The summed E-state index contributed by atoms with van der Waals surface area (Å²) in [6, 6.07) is 11.5. The maximum Gasteiger partial charge on any atom is 0.137 e. The van der Waals surface area contributed by atoms with Crippen molar-refractivity contribution in [2.75, 3.05) is 7.11 Å². The van der Waals surface area contributed by atoms with Crippen LogP contribution < -0.4 is 9.47 Å². The van der Waals surface area contributed by atoms with E-state index in [4.69, 9.17) is 21.1 Å². The molecule has 0 fully saturated rings. The molecule has 5 heteroatoms. The summed E-state index contributed by atoms with van der Waals surface area (Å²) in [6.07, 6.45) is 3.92. The van der Waals surface area contributed by atoms with Gasteiger partial charge in [-0.2, -0.15) is 0 Å². The lowest BCUT2D eigenvalue weighted by atomic mass is 10.2. The summed E-state index contributed by atoms with van der Waals surface area (Å²) in [5.74, 6) is 1.89. The SMILES string of the molecule is COc1ccc(OCc2cn3ccccc3n2)c(CCl)c1. The highest BCUT2D eigenvalue weighted by atomic mass is 35.5. The first-order valence-corrected chi connectivity index (χ1v) is 7.12. The number of ether oxygens (including phenoxy) is 2. The first kappa shape index (κ1) is 13.8. The van der Waals surface area contributed by atoms with E-state index in [1.807, 2.05) is 53.2 Å². The Morgan fingerprint density at radius 1 is 1.24 bits per heavy atom. The van der Waals surface area contributed by atoms with E-state index in [1.165, 1.54) is 0 Å². The molecule has 0 atom stereocenters. The number of hydrogen-bond donors (Lipinski definition) is 0. The van der Waals surface area contributed by atoms with Gasteiger partial charge in [-0.1, -0.05) is 6.07 Å². The number of methoxy groups -OCH3 is 1. The van der Waals surface area contributed by atoms with Crippen LogP contribution in [-0.4, -0.2) is 16.5 Å². The molecule has 3 rings (SSSR count). The van der Waals surface area contributed by atoms with Crippen LogP contribution in [0, 0.1) is 0 Å². The standard InChI is InChI=1S/C16H15ClN2O2/c1-20-14-5-6-15(12(8-14)9-17)21-11-13-10-19-7-3-2-4-16(19)18-13/h2-8,10H,9,11H2,1H3. The molecule has 0 amide bonds. The quantitative estimate of drug-likeness (QED) is 0.675. The molecule has 0 saturated carbocycles. The number of nitrogens with zero attached hydrogens (tertiary/aromatic N) is 2. The van der Waals surface area contributed by atoms with Crippen LogP contribution >= 0.6 is 11.6 Å². The average molecular weight is 303 g/mol. The molecule has 0 radical (unpaired) electrons. The number of alkyl halides is 1. The van der Waals surface area contributed by atoms with Gasteiger partial charge in [-0.25, -0.2) is 4.98 Å². The number of rotatable bonds is 5. The first-order valence-electron chi connectivity index (χ1n) is 6.58. The molecule has 108 valence electrons. The molecule has 21 heavy (non-hydrogen) atoms. The zero-order chi connectivity index (χ0) is 14.7. The molecule has 1 aromatic carbocycles. The van der Waals surface area contributed by atoms with Gasteiger partial charge in [0.25, 0.3) is 0 Å². The molecule has 0 aliphatic rings. The van der Waals surface area contributed by atoms with E-state index < -0.39 is 0 Å². The smallest absolute Gasteiger partial charge is 0.137 e. The van der Waals surface area contributed by atoms with Crippen LogP contribution in [0.4, 0.5) is 0 Å². The summed E-state index contributed by atoms with van der Waals surface area (Å²) in [5.41, 5.74) is 2.68. The van der Waals surface area contributed by atoms with Gasteiger partial charge in [-0.05, 0) is 30.3 Å². The first-order chi connectivity index (χ1) is 10.3. The maximum absolute atomic E-state index is 5.95. The van der Waals surface area contributed by atoms with Crippen LogP contribution in [0.2, 0.25) is 0 Å². The van der Waals surface area contributed by atoms with Gasteiger partial charge in [0.1, 0.15) is 23.8 Å². The van der Waals surface area contributed by atoms with Crippen LogP contribution in [0.1, 0.15) is 11.3 Å². The van der Waals surface area contributed by atoms with Crippen molar-refractivity contribution in [1.82, 2.24) is 9.38 Å². The molecule has 0 N–H and O–H groups in total. The number of aromatic nitrogens is 2. The second kappa shape index (κ2) is 6.06. The lowest BCUT2D eigenvalue weighted by Crippen LogP contribution is -1.98. The molecule has 0 bridgehead atoms. The molecule has 0 saturated heterocycles. The zero-order valence-electron chi connectivity index (χ0n) is 11.6. The predicted molar refractivity (Wildman–Crippen MR) is 82.1 cm³/mol. The fourth-order valence-corrected chi connectivity index (χ4v) is 2.35. The lowest BCUT2D eigenvalue weighted by molar-refractivity contribution is 0.299. The third kappa shape index (κ3) is 2.95. The Morgan fingerprint density at radius 3 is 2.90 bits per heavy atom. The number of fused-ring (bicyclic) bond motifs is 1. The van der Waals surface area contributed by atoms with Gasteiger partial charge in [0, 0.05) is 18.0 Å². The van der Waals surface area contributed by atoms with Gasteiger partial charge in [-0.15, -0.1) is 11.6 Å². The van der Waals surface area contributed by atoms with Crippen molar-refractivity contribution < 1.29 is 9.47 Å². The van der Waals surface area contributed by atoms with Crippen LogP contribution in [-0.2, 0) is 12.5 Å². The Hall–Kier alpha value is -2.20. The second-order valence-electron chi connectivity index (χ2n) is 4.59. The van der Waals surface area contributed by atoms with Crippen molar-refractivity contribution in [3.8, 4) is 11.5 Å². The number of hydrogen-bond acceptors (Lipinski definition) is 3. The Bertz CT molecular complexity index is 722. The Morgan fingerprint density at radius 2 is 2.14 bits per heavy atom. The number of halogens is 1. The molecule has 0 aliphatic heterocycles. The molecule has 4 nitrogen and oxygen atoms in total. The summed E-state index contributed by atoms with van der Waals surface area (Å²) in [6.45, 7) is 0.401. The Labute approximate surface area is 127 Å². The summed E-state index contributed by atoms with van der Waals surface area (Å²) in [7, 11) is 1.63. The van der Waals surface area contributed by atoms with Crippen molar-refractivity contribution in [2.45, 2.75) is 12.5 Å². The van der Waals surface area contributed by atoms with E-state index in [2.05, 4.69) is 4.98 Å². The minimum atomic E-state index is 0.373. The molecule has 2 heterocycles. The molecule has 0 unspecified atom stereocenters. The maximum atomic E-state index is 5.95. The topological polar surface area (TPSA) is 35.8 Å². The Balaban J connectivity index is 1.77. The largest absolute Gasteiger partial charge is 0.497 e. The van der Waals surface area contributed by atoms with Gasteiger partial charge < -0.3 is 13.9 Å². The average Bonchev–Trinajstić information content (AvgIpc) is 2.95. The number of imidazole rings is 1. The van der Waals surface area contributed by atoms with Crippen molar-refractivity contribution in [2.24, 2.45) is 0 Å². The lowest BCUT2D eigenvalue weighted by Gasteiger charge is -2.10. The summed E-state index contributed by atoms with van der Waals surface area (Å²) in [4.78, 5) is 4.50. The Kier molecular flexibility index (Phi) is 3.97. The van der Waals surface area contributed by atoms with Gasteiger partial charge in [0.15, 0.2) is 0 Å². The zero-order valence-corrected chi connectivity index (χ0v) is 12.4. The monoisotopic (exact) mass is 302 g/mol. The van der Waals surface area contributed by atoms with E-state index in [-0.39, 0.29) is 0 Å². The van der Waals surface area contributed by atoms with Crippen molar-refractivity contribution in [3.63, 3.8) is 0 Å². The predicted octanol–water partition coefficient (Wildman–Crippen LogP) is 3.66. The summed E-state index contributed by atoms with van der Waals surface area (Å²) >= 11 is 5.95. The fourth-order valence-electron chi connectivity index (χ4n) is 2.14. The highest BCUT2D eigenvalue weighted by Gasteiger charge is 2.07. The molecular formula is C16H15ClN2O2. The van der Waals surface area contributed by atoms with E-state index in [9.17, 15) is 0 Å². The van der Waals surface area contributed by atoms with Gasteiger partial charge >= 0.3 is 0 Å².